The van der Waals surface area contributed by atoms with Gasteiger partial charge in [0, 0.05) is 20.8 Å². The molecule has 3 aromatic carbocycles. The van der Waals surface area contributed by atoms with Crippen molar-refractivity contribution in [3.63, 3.8) is 0 Å². The minimum Gasteiger partial charge on any atom is -0.436 e. The molecular weight excluding hydrogens is 475 g/mol. The molecule has 5 rings (SSSR count). The third-order valence-corrected chi connectivity index (χ3v) is 7.02. The lowest BCUT2D eigenvalue weighted by Gasteiger charge is -2.07. The summed E-state index contributed by atoms with van der Waals surface area (Å²) in [5.41, 5.74) is 3.64. The van der Waals surface area contributed by atoms with Crippen molar-refractivity contribution in [2.75, 3.05) is 5.32 Å². The molecule has 0 saturated heterocycles. The van der Waals surface area contributed by atoms with E-state index in [1.54, 1.807) is 30.3 Å². The molecule has 31 heavy (non-hydrogen) atoms. The van der Waals surface area contributed by atoms with E-state index in [1.807, 2.05) is 31.2 Å². The number of hydrogen-bond acceptors (Lipinski definition) is 4. The number of nitrogens with one attached hydrogen (secondary N) is 1. The Labute approximate surface area is 196 Å². The summed E-state index contributed by atoms with van der Waals surface area (Å²) in [6.07, 6.45) is 0. The molecule has 0 atom stereocenters. The van der Waals surface area contributed by atoms with Gasteiger partial charge in [0.05, 0.1) is 15.6 Å². The second kappa shape index (κ2) is 7.84. The fraction of sp³-hybridized carbons (Fsp3) is 0.0435. The van der Waals surface area contributed by atoms with Crippen LogP contribution in [0.1, 0.15) is 15.2 Å². The average Bonchev–Trinajstić information content (AvgIpc) is 3.29. The summed E-state index contributed by atoms with van der Waals surface area (Å²) in [5.74, 6) is 0.0695. The van der Waals surface area contributed by atoms with Crippen molar-refractivity contribution in [1.82, 2.24) is 4.98 Å². The molecule has 0 aliphatic heterocycles. The molecule has 0 aliphatic rings. The van der Waals surface area contributed by atoms with Crippen LogP contribution in [0.2, 0.25) is 15.1 Å². The number of thiophene rings is 1. The molecule has 0 radical (unpaired) electrons. The molecule has 0 fully saturated rings. The van der Waals surface area contributed by atoms with E-state index in [1.165, 1.54) is 11.3 Å². The Morgan fingerprint density at radius 1 is 1.03 bits per heavy atom. The molecule has 1 amide bonds. The largest absolute Gasteiger partial charge is 0.436 e. The van der Waals surface area contributed by atoms with E-state index in [0.717, 1.165) is 21.2 Å². The Kier molecular flexibility index (Phi) is 5.15. The SMILES string of the molecule is Cc1ccc2oc(-c3cc(NC(=O)c4sc5cc(Cl)ccc5c4Cl)ccc3Cl)nc2c1. The third kappa shape index (κ3) is 3.79. The van der Waals surface area contributed by atoms with Gasteiger partial charge in [-0.2, -0.15) is 0 Å². The van der Waals surface area contributed by atoms with E-state index in [9.17, 15) is 4.79 Å². The summed E-state index contributed by atoms with van der Waals surface area (Å²) >= 11 is 20.2. The van der Waals surface area contributed by atoms with Crippen LogP contribution in [0, 0.1) is 6.92 Å². The summed E-state index contributed by atoms with van der Waals surface area (Å²) in [5, 5.41) is 5.13. The number of hydrogen-bond donors (Lipinski definition) is 1. The third-order valence-electron chi connectivity index (χ3n) is 4.80. The van der Waals surface area contributed by atoms with Gasteiger partial charge >= 0.3 is 0 Å². The van der Waals surface area contributed by atoms with Crippen molar-refractivity contribution < 1.29 is 9.21 Å². The fourth-order valence-corrected chi connectivity index (χ4v) is 5.18. The number of halogens is 3. The van der Waals surface area contributed by atoms with Gasteiger partial charge in [-0.3, -0.25) is 4.79 Å². The Morgan fingerprint density at radius 3 is 2.71 bits per heavy atom. The van der Waals surface area contributed by atoms with Gasteiger partial charge in [0.2, 0.25) is 5.89 Å². The number of aromatic nitrogens is 1. The first-order chi connectivity index (χ1) is 14.9. The number of oxazole rings is 1. The van der Waals surface area contributed by atoms with Crippen LogP contribution in [-0.2, 0) is 0 Å². The summed E-state index contributed by atoms with van der Waals surface area (Å²) < 4.78 is 6.71. The van der Waals surface area contributed by atoms with Crippen LogP contribution in [0.25, 0.3) is 32.6 Å². The zero-order valence-electron chi connectivity index (χ0n) is 16.0. The summed E-state index contributed by atoms with van der Waals surface area (Å²) in [6.45, 7) is 1.99. The zero-order chi connectivity index (χ0) is 21.7. The highest BCUT2D eigenvalue weighted by Crippen LogP contribution is 2.38. The number of nitrogens with zero attached hydrogens (tertiary/aromatic N) is 1. The van der Waals surface area contributed by atoms with E-state index >= 15 is 0 Å². The molecule has 5 aromatic rings. The maximum absolute atomic E-state index is 12.9. The van der Waals surface area contributed by atoms with E-state index in [4.69, 9.17) is 39.2 Å². The molecule has 0 aliphatic carbocycles. The van der Waals surface area contributed by atoms with Crippen molar-refractivity contribution >= 4 is 78.9 Å². The van der Waals surface area contributed by atoms with Crippen molar-refractivity contribution in [2.45, 2.75) is 6.92 Å². The highest BCUT2D eigenvalue weighted by Gasteiger charge is 2.19. The van der Waals surface area contributed by atoms with Crippen LogP contribution in [0.15, 0.2) is 59.0 Å². The Hall–Kier alpha value is -2.57. The maximum atomic E-state index is 12.9. The van der Waals surface area contributed by atoms with Crippen LogP contribution in [-0.4, -0.2) is 10.9 Å². The highest BCUT2D eigenvalue weighted by atomic mass is 35.5. The van der Waals surface area contributed by atoms with Crippen LogP contribution in [0.4, 0.5) is 5.69 Å². The van der Waals surface area contributed by atoms with Gasteiger partial charge in [0.15, 0.2) is 5.58 Å². The van der Waals surface area contributed by atoms with Crippen LogP contribution in [0.3, 0.4) is 0 Å². The first kappa shape index (κ1) is 20.3. The van der Waals surface area contributed by atoms with E-state index in [-0.39, 0.29) is 5.91 Å². The zero-order valence-corrected chi connectivity index (χ0v) is 19.1. The molecule has 1 N–H and O–H groups in total. The minimum atomic E-state index is -0.316. The molecule has 154 valence electrons. The van der Waals surface area contributed by atoms with Crippen LogP contribution in [0.5, 0.6) is 0 Å². The van der Waals surface area contributed by atoms with Gasteiger partial charge in [-0.05, 0) is 55.0 Å². The normalized spacial score (nSPS) is 11.4. The van der Waals surface area contributed by atoms with Crippen molar-refractivity contribution in [1.29, 1.82) is 0 Å². The first-order valence-electron chi connectivity index (χ1n) is 9.25. The summed E-state index contributed by atoms with van der Waals surface area (Å²) in [4.78, 5) is 17.9. The number of carbonyl (C=O) groups excluding carboxylic acids is 1. The van der Waals surface area contributed by atoms with E-state index in [2.05, 4.69) is 10.3 Å². The van der Waals surface area contributed by atoms with Crippen molar-refractivity contribution in [3.05, 3.63) is 80.1 Å². The number of rotatable bonds is 3. The van der Waals surface area contributed by atoms with Gasteiger partial charge in [0.1, 0.15) is 10.4 Å². The second-order valence-electron chi connectivity index (χ2n) is 7.02. The van der Waals surface area contributed by atoms with Gasteiger partial charge in [-0.25, -0.2) is 4.98 Å². The second-order valence-corrected chi connectivity index (χ2v) is 9.30. The standard InChI is InChI=1S/C23H13Cl3N2O2S/c1-11-2-7-18-17(8-11)28-23(30-18)15-10-13(4-6-16(15)25)27-22(29)21-20(26)14-5-3-12(24)9-19(14)31-21/h2-10H,1H3,(H,27,29). The number of benzene rings is 3. The molecule has 0 unspecified atom stereocenters. The maximum Gasteiger partial charge on any atom is 0.267 e. The molecule has 0 spiro atoms. The van der Waals surface area contributed by atoms with Gasteiger partial charge in [0.25, 0.3) is 5.91 Å². The molecule has 2 heterocycles. The summed E-state index contributed by atoms with van der Waals surface area (Å²) in [7, 11) is 0. The lowest BCUT2D eigenvalue weighted by molar-refractivity contribution is 0.103. The lowest BCUT2D eigenvalue weighted by Crippen LogP contribution is -2.10. The van der Waals surface area contributed by atoms with Crippen molar-refractivity contribution in [3.8, 4) is 11.5 Å². The smallest absolute Gasteiger partial charge is 0.267 e. The predicted molar refractivity (Wildman–Crippen MR) is 129 cm³/mol. The molecule has 4 nitrogen and oxygen atoms in total. The molecule has 0 saturated carbocycles. The van der Waals surface area contributed by atoms with Crippen molar-refractivity contribution in [2.24, 2.45) is 0 Å². The Bertz CT molecular complexity index is 1490. The predicted octanol–water partition coefficient (Wildman–Crippen LogP) is 8.23. The molecule has 2 aromatic heterocycles. The Balaban J connectivity index is 1.49. The quantitative estimate of drug-likeness (QED) is 0.279. The van der Waals surface area contributed by atoms with E-state index in [0.29, 0.717) is 42.7 Å². The van der Waals surface area contributed by atoms with Crippen LogP contribution < -0.4 is 5.32 Å². The topological polar surface area (TPSA) is 55.1 Å². The fourth-order valence-electron chi connectivity index (χ4n) is 3.29. The minimum absolute atomic E-state index is 0.316. The number of fused-ring (bicyclic) bond motifs is 2. The highest BCUT2D eigenvalue weighted by molar-refractivity contribution is 7.21. The molecular formula is C23H13Cl3N2O2S. The number of carbonyl (C=O) groups is 1. The summed E-state index contributed by atoms with van der Waals surface area (Å²) in [6, 6.07) is 16.3. The molecule has 0 bridgehead atoms. The van der Waals surface area contributed by atoms with Gasteiger partial charge in [-0.15, -0.1) is 11.3 Å². The Morgan fingerprint density at radius 2 is 1.87 bits per heavy atom. The number of aryl methyl sites for hydroxylation is 1. The molecule has 8 heteroatoms. The van der Waals surface area contributed by atoms with Gasteiger partial charge < -0.3 is 9.73 Å². The number of amides is 1. The van der Waals surface area contributed by atoms with Crippen LogP contribution >= 0.6 is 46.1 Å². The average molecular weight is 488 g/mol. The lowest BCUT2D eigenvalue weighted by atomic mass is 10.2. The van der Waals surface area contributed by atoms with E-state index < -0.39 is 0 Å². The van der Waals surface area contributed by atoms with Gasteiger partial charge in [-0.1, -0.05) is 46.9 Å². The monoisotopic (exact) mass is 486 g/mol. The first-order valence-corrected chi connectivity index (χ1v) is 11.2. The number of anilines is 1.